The molecule has 3 aromatic rings. The topological polar surface area (TPSA) is 64.9 Å². The Morgan fingerprint density at radius 3 is 2.66 bits per heavy atom. The third kappa shape index (κ3) is 4.45. The molecule has 4 rings (SSSR count). The van der Waals surface area contributed by atoms with E-state index in [1.54, 1.807) is 17.4 Å². The lowest BCUT2D eigenvalue weighted by atomic mass is 9.72. The Morgan fingerprint density at radius 2 is 1.94 bits per heavy atom. The molecule has 1 atom stereocenters. The monoisotopic (exact) mass is 525 g/mol. The molecule has 0 bridgehead atoms. The minimum Gasteiger partial charge on any atom is -0.323 e. The van der Waals surface area contributed by atoms with Gasteiger partial charge in [-0.15, -0.1) is 11.3 Å². The van der Waals surface area contributed by atoms with Crippen LogP contribution in [0.5, 0.6) is 0 Å². The summed E-state index contributed by atoms with van der Waals surface area (Å²) in [6, 6.07) is 13.7. The minimum atomic E-state index is -0.279. The van der Waals surface area contributed by atoms with E-state index in [0.717, 1.165) is 45.1 Å². The number of halogens is 1. The van der Waals surface area contributed by atoms with Crippen LogP contribution in [-0.2, 0) is 12.8 Å². The van der Waals surface area contributed by atoms with Gasteiger partial charge in [-0.05, 0) is 71.3 Å². The highest BCUT2D eigenvalue weighted by Gasteiger charge is 2.32. The number of anilines is 1. The molecule has 2 aromatic carbocycles. The van der Waals surface area contributed by atoms with Gasteiger partial charge in [-0.25, -0.2) is 0 Å². The van der Waals surface area contributed by atoms with E-state index in [1.165, 1.54) is 4.88 Å². The fourth-order valence-corrected chi connectivity index (χ4v) is 6.35. The Bertz CT molecular complexity index is 1270. The Morgan fingerprint density at radius 1 is 1.22 bits per heavy atom. The highest BCUT2D eigenvalue weighted by atomic mass is 79.9. The summed E-state index contributed by atoms with van der Waals surface area (Å²) >= 11 is 10.6. The van der Waals surface area contributed by atoms with Crippen molar-refractivity contribution in [2.75, 3.05) is 5.32 Å². The number of benzene rings is 2. The van der Waals surface area contributed by atoms with Gasteiger partial charge in [-0.3, -0.25) is 10.1 Å². The van der Waals surface area contributed by atoms with Gasteiger partial charge in [0.25, 0.3) is 5.91 Å². The van der Waals surface area contributed by atoms with E-state index in [0.29, 0.717) is 17.0 Å². The number of amides is 1. The van der Waals surface area contributed by atoms with Crippen LogP contribution in [0, 0.1) is 22.7 Å². The number of thiocarbonyl (C=S) groups is 1. The predicted octanol–water partition coefficient (Wildman–Crippen LogP) is 6.81. The smallest absolute Gasteiger partial charge is 0.258 e. The van der Waals surface area contributed by atoms with Gasteiger partial charge in [0.2, 0.25) is 0 Å². The van der Waals surface area contributed by atoms with E-state index in [2.05, 4.69) is 53.4 Å². The van der Waals surface area contributed by atoms with Crippen LogP contribution in [0.25, 0.3) is 10.8 Å². The molecule has 32 heavy (non-hydrogen) atoms. The van der Waals surface area contributed by atoms with E-state index < -0.39 is 0 Å². The summed E-state index contributed by atoms with van der Waals surface area (Å²) in [5, 5.41) is 18.4. The number of hydrogen-bond donors (Lipinski definition) is 2. The molecule has 4 nitrogen and oxygen atoms in total. The molecular weight excluding hydrogens is 502 g/mol. The summed E-state index contributed by atoms with van der Waals surface area (Å²) < 4.78 is 0.932. The quantitative estimate of drug-likeness (QED) is 0.360. The second-order valence-electron chi connectivity index (χ2n) is 9.17. The van der Waals surface area contributed by atoms with Crippen molar-refractivity contribution in [1.29, 1.82) is 5.26 Å². The van der Waals surface area contributed by atoms with Crippen molar-refractivity contribution in [3.05, 3.63) is 62.4 Å². The van der Waals surface area contributed by atoms with Gasteiger partial charge >= 0.3 is 0 Å². The van der Waals surface area contributed by atoms with Crippen LogP contribution >= 0.6 is 39.5 Å². The lowest BCUT2D eigenvalue weighted by molar-refractivity contribution is 0.0979. The van der Waals surface area contributed by atoms with Crippen LogP contribution in [-0.4, -0.2) is 11.0 Å². The summed E-state index contributed by atoms with van der Waals surface area (Å²) in [7, 11) is 0. The number of fused-ring (bicyclic) bond motifs is 2. The van der Waals surface area contributed by atoms with Crippen LogP contribution in [0.1, 0.15) is 53.6 Å². The second kappa shape index (κ2) is 8.93. The fourth-order valence-electron chi connectivity index (χ4n) is 4.31. The summed E-state index contributed by atoms with van der Waals surface area (Å²) in [6.45, 7) is 6.82. The molecule has 0 spiro atoms. The first kappa shape index (κ1) is 22.9. The lowest BCUT2D eigenvalue weighted by Gasteiger charge is -2.33. The van der Waals surface area contributed by atoms with Crippen molar-refractivity contribution in [3.63, 3.8) is 0 Å². The average molecular weight is 527 g/mol. The normalized spacial score (nSPS) is 15.7. The largest absolute Gasteiger partial charge is 0.323 e. The summed E-state index contributed by atoms with van der Waals surface area (Å²) in [4.78, 5) is 14.2. The number of nitriles is 1. The van der Waals surface area contributed by atoms with Gasteiger partial charge in [-0.2, -0.15) is 5.26 Å². The molecule has 1 heterocycles. The Balaban J connectivity index is 1.53. The molecule has 1 aliphatic rings. The van der Waals surface area contributed by atoms with E-state index in [-0.39, 0.29) is 16.4 Å². The molecule has 0 saturated carbocycles. The van der Waals surface area contributed by atoms with Gasteiger partial charge in [0.1, 0.15) is 11.1 Å². The van der Waals surface area contributed by atoms with Crippen molar-refractivity contribution in [2.24, 2.45) is 11.3 Å². The Kier molecular flexibility index (Phi) is 6.39. The van der Waals surface area contributed by atoms with E-state index in [9.17, 15) is 10.1 Å². The van der Waals surface area contributed by atoms with E-state index >= 15 is 0 Å². The minimum absolute atomic E-state index is 0.199. The SMILES string of the molecule is CC(C)(C)C1CCc2c(sc(NC(=S)NC(=O)c3cccc4c(Br)cccc34)c2C#N)C1. The average Bonchev–Trinajstić information content (AvgIpc) is 3.08. The van der Waals surface area contributed by atoms with Crippen LogP contribution < -0.4 is 10.6 Å². The lowest BCUT2D eigenvalue weighted by Crippen LogP contribution is -2.34. The molecule has 164 valence electrons. The van der Waals surface area contributed by atoms with Gasteiger partial charge in [0.15, 0.2) is 5.11 Å². The van der Waals surface area contributed by atoms with E-state index in [1.807, 2.05) is 30.3 Å². The standard InChI is InChI=1S/C25H24BrN3OS2/c1-25(2,3)14-10-11-17-19(13-27)23(32-21(17)12-14)29-24(31)28-22(30)18-8-4-7-16-15(18)6-5-9-20(16)26/h4-9,14H,10-12H2,1-3H3,(H2,28,29,30,31). The maximum atomic E-state index is 13.0. The molecule has 0 saturated heterocycles. The first-order valence-corrected chi connectivity index (χ1v) is 12.5. The molecule has 1 aromatic heterocycles. The number of nitrogens with zero attached hydrogens (tertiary/aromatic N) is 1. The van der Waals surface area contributed by atoms with Crippen molar-refractivity contribution in [1.82, 2.24) is 5.32 Å². The van der Waals surface area contributed by atoms with Crippen molar-refractivity contribution < 1.29 is 4.79 Å². The van der Waals surface area contributed by atoms with Crippen molar-refractivity contribution in [3.8, 4) is 6.07 Å². The summed E-state index contributed by atoms with van der Waals surface area (Å²) in [5.41, 5.74) is 2.57. The van der Waals surface area contributed by atoms with Crippen LogP contribution in [0.3, 0.4) is 0 Å². The molecular formula is C25H24BrN3OS2. The first-order valence-electron chi connectivity index (χ1n) is 10.5. The van der Waals surface area contributed by atoms with Crippen molar-refractivity contribution in [2.45, 2.75) is 40.0 Å². The fraction of sp³-hybridized carbons (Fsp3) is 0.320. The molecule has 0 aliphatic heterocycles. The van der Waals surface area contributed by atoms with Gasteiger partial charge in [-0.1, -0.05) is 61.0 Å². The molecule has 1 unspecified atom stereocenters. The number of nitrogens with one attached hydrogen (secondary N) is 2. The highest BCUT2D eigenvalue weighted by Crippen LogP contribution is 2.44. The number of carbonyl (C=O) groups is 1. The molecule has 2 N–H and O–H groups in total. The Hall–Kier alpha value is -2.27. The highest BCUT2D eigenvalue weighted by molar-refractivity contribution is 9.10. The summed E-state index contributed by atoms with van der Waals surface area (Å²) in [6.07, 6.45) is 2.96. The zero-order valence-corrected chi connectivity index (χ0v) is 21.4. The van der Waals surface area contributed by atoms with Gasteiger partial charge in [0.05, 0.1) is 5.56 Å². The predicted molar refractivity (Wildman–Crippen MR) is 139 cm³/mol. The third-order valence-electron chi connectivity index (χ3n) is 6.17. The maximum Gasteiger partial charge on any atom is 0.258 e. The molecule has 7 heteroatoms. The Labute approximate surface area is 206 Å². The molecule has 0 radical (unpaired) electrons. The van der Waals surface area contributed by atoms with Crippen molar-refractivity contribution >= 4 is 66.3 Å². The third-order valence-corrected chi connectivity index (χ3v) is 8.23. The summed E-state index contributed by atoms with van der Waals surface area (Å²) in [5.74, 6) is 0.309. The zero-order chi connectivity index (χ0) is 23.0. The van der Waals surface area contributed by atoms with Gasteiger partial charge < -0.3 is 5.32 Å². The number of carbonyl (C=O) groups excluding carboxylic acids is 1. The van der Waals surface area contributed by atoms with E-state index in [4.69, 9.17) is 12.2 Å². The number of hydrogen-bond acceptors (Lipinski definition) is 4. The molecule has 1 aliphatic carbocycles. The van der Waals surface area contributed by atoms with Crippen LogP contribution in [0.4, 0.5) is 5.00 Å². The second-order valence-corrected chi connectivity index (χ2v) is 11.5. The molecule has 0 fully saturated rings. The molecule has 1 amide bonds. The number of rotatable bonds is 2. The first-order chi connectivity index (χ1) is 15.2. The zero-order valence-electron chi connectivity index (χ0n) is 18.2. The maximum absolute atomic E-state index is 13.0. The van der Waals surface area contributed by atoms with Crippen LogP contribution in [0.15, 0.2) is 40.9 Å². The van der Waals surface area contributed by atoms with Crippen LogP contribution in [0.2, 0.25) is 0 Å². The van der Waals surface area contributed by atoms with Gasteiger partial charge in [0, 0.05) is 14.9 Å². The number of thiophene rings is 1.